The van der Waals surface area contributed by atoms with E-state index in [4.69, 9.17) is 4.74 Å². The van der Waals surface area contributed by atoms with Gasteiger partial charge in [0.2, 0.25) is 10.0 Å². The van der Waals surface area contributed by atoms with Crippen LogP contribution in [0.2, 0.25) is 0 Å². The molecular weight excluding hydrogens is 352 g/mol. The highest BCUT2D eigenvalue weighted by atomic mass is 32.2. The largest absolute Gasteiger partial charge is 0.497 e. The Bertz CT molecular complexity index is 861. The molecule has 1 amide bonds. The Kier molecular flexibility index (Phi) is 6.39. The van der Waals surface area contributed by atoms with E-state index in [0.29, 0.717) is 18.5 Å². The van der Waals surface area contributed by atoms with Gasteiger partial charge in [-0.15, -0.1) is 0 Å². The minimum Gasteiger partial charge on any atom is -0.497 e. The molecule has 26 heavy (non-hydrogen) atoms. The van der Waals surface area contributed by atoms with E-state index in [9.17, 15) is 13.2 Å². The van der Waals surface area contributed by atoms with Crippen molar-refractivity contribution in [3.05, 3.63) is 59.7 Å². The summed E-state index contributed by atoms with van der Waals surface area (Å²) in [6.45, 7) is 0.524. The van der Waals surface area contributed by atoms with Gasteiger partial charge in [0.1, 0.15) is 5.75 Å². The molecule has 0 aliphatic carbocycles. The van der Waals surface area contributed by atoms with Crippen LogP contribution >= 0.6 is 0 Å². The standard InChI is InChI=1S/C19H24N2O4S/c1-20(2)26(23,24)18-7-5-6-16(14-18)19(22)21(3)13-12-15-8-10-17(25-4)11-9-15/h5-11,14H,12-13H2,1-4H3. The number of rotatable bonds is 7. The lowest BCUT2D eigenvalue weighted by Gasteiger charge is -2.18. The lowest BCUT2D eigenvalue weighted by molar-refractivity contribution is 0.0796. The number of carbonyl (C=O) groups is 1. The van der Waals surface area contributed by atoms with Crippen LogP contribution < -0.4 is 4.74 Å². The Balaban J connectivity index is 2.08. The van der Waals surface area contributed by atoms with E-state index < -0.39 is 10.0 Å². The second-order valence-electron chi connectivity index (χ2n) is 6.14. The van der Waals surface area contributed by atoms with Gasteiger partial charge in [-0.25, -0.2) is 12.7 Å². The van der Waals surface area contributed by atoms with E-state index in [2.05, 4.69) is 0 Å². The first-order valence-corrected chi connectivity index (χ1v) is 9.60. The molecule has 0 heterocycles. The molecule has 2 rings (SSSR count). The van der Waals surface area contributed by atoms with Gasteiger partial charge in [-0.2, -0.15) is 0 Å². The van der Waals surface area contributed by atoms with Crippen LogP contribution in [0.25, 0.3) is 0 Å². The molecule has 0 aliphatic rings. The van der Waals surface area contributed by atoms with Gasteiger partial charge in [-0.3, -0.25) is 4.79 Å². The summed E-state index contributed by atoms with van der Waals surface area (Å²) in [5, 5.41) is 0. The number of methoxy groups -OCH3 is 1. The van der Waals surface area contributed by atoms with E-state index in [1.165, 1.54) is 26.2 Å². The van der Waals surface area contributed by atoms with Crippen molar-refractivity contribution in [3.8, 4) is 5.75 Å². The van der Waals surface area contributed by atoms with Crippen LogP contribution in [-0.2, 0) is 16.4 Å². The normalized spacial score (nSPS) is 11.4. The van der Waals surface area contributed by atoms with Gasteiger partial charge in [0, 0.05) is 33.3 Å². The Morgan fingerprint density at radius 3 is 2.27 bits per heavy atom. The number of likely N-dealkylation sites (N-methyl/N-ethyl adjacent to an activating group) is 1. The fourth-order valence-corrected chi connectivity index (χ4v) is 3.36. The van der Waals surface area contributed by atoms with E-state index in [0.717, 1.165) is 15.6 Å². The maximum absolute atomic E-state index is 12.6. The molecule has 0 spiro atoms. The van der Waals surface area contributed by atoms with Crippen molar-refractivity contribution < 1.29 is 17.9 Å². The lowest BCUT2D eigenvalue weighted by Crippen LogP contribution is -2.29. The van der Waals surface area contributed by atoms with Gasteiger partial charge >= 0.3 is 0 Å². The number of hydrogen-bond donors (Lipinski definition) is 0. The van der Waals surface area contributed by atoms with Gasteiger partial charge in [-0.05, 0) is 42.3 Å². The Morgan fingerprint density at radius 2 is 1.69 bits per heavy atom. The summed E-state index contributed by atoms with van der Waals surface area (Å²) in [7, 11) is 2.68. The molecule has 0 saturated carbocycles. The maximum Gasteiger partial charge on any atom is 0.253 e. The Morgan fingerprint density at radius 1 is 1.04 bits per heavy atom. The number of hydrogen-bond acceptors (Lipinski definition) is 4. The van der Waals surface area contributed by atoms with Crippen LogP contribution in [0.15, 0.2) is 53.4 Å². The molecule has 0 radical (unpaired) electrons. The predicted molar refractivity (Wildman–Crippen MR) is 101 cm³/mol. The van der Waals surface area contributed by atoms with Crippen molar-refractivity contribution in [1.29, 1.82) is 0 Å². The third kappa shape index (κ3) is 4.62. The fourth-order valence-electron chi connectivity index (χ4n) is 2.41. The molecule has 6 nitrogen and oxygen atoms in total. The minimum absolute atomic E-state index is 0.108. The molecule has 2 aromatic rings. The number of sulfonamides is 1. The van der Waals surface area contributed by atoms with Crippen LogP contribution in [0.4, 0.5) is 0 Å². The van der Waals surface area contributed by atoms with Gasteiger partial charge in [0.25, 0.3) is 5.91 Å². The van der Waals surface area contributed by atoms with Crippen molar-refractivity contribution in [3.63, 3.8) is 0 Å². The smallest absolute Gasteiger partial charge is 0.253 e. The van der Waals surface area contributed by atoms with Crippen LogP contribution in [0.5, 0.6) is 5.75 Å². The first-order valence-electron chi connectivity index (χ1n) is 8.16. The molecule has 0 aliphatic heterocycles. The quantitative estimate of drug-likeness (QED) is 0.743. The van der Waals surface area contributed by atoms with Gasteiger partial charge < -0.3 is 9.64 Å². The molecule has 140 valence electrons. The van der Waals surface area contributed by atoms with Crippen LogP contribution in [0.3, 0.4) is 0 Å². The second kappa shape index (κ2) is 8.33. The third-order valence-corrected chi connectivity index (χ3v) is 5.91. The van der Waals surface area contributed by atoms with Gasteiger partial charge in [0.05, 0.1) is 12.0 Å². The average molecular weight is 376 g/mol. The zero-order chi connectivity index (χ0) is 19.3. The minimum atomic E-state index is -3.57. The zero-order valence-corrected chi connectivity index (χ0v) is 16.3. The predicted octanol–water partition coefficient (Wildman–Crippen LogP) is 2.26. The monoisotopic (exact) mass is 376 g/mol. The summed E-state index contributed by atoms with van der Waals surface area (Å²) < 4.78 is 30.7. The van der Waals surface area contributed by atoms with Crippen molar-refractivity contribution in [2.75, 3.05) is 34.8 Å². The summed E-state index contributed by atoms with van der Waals surface area (Å²) in [5.74, 6) is 0.575. The second-order valence-corrected chi connectivity index (χ2v) is 8.29. The summed E-state index contributed by atoms with van der Waals surface area (Å²) in [5.41, 5.74) is 1.44. The summed E-state index contributed by atoms with van der Waals surface area (Å²) in [6, 6.07) is 13.8. The third-order valence-electron chi connectivity index (χ3n) is 4.10. The van der Waals surface area contributed by atoms with E-state index in [1.54, 1.807) is 31.2 Å². The first-order chi connectivity index (χ1) is 12.3. The van der Waals surface area contributed by atoms with E-state index >= 15 is 0 Å². The molecule has 0 N–H and O–H groups in total. The first kappa shape index (κ1) is 19.9. The average Bonchev–Trinajstić information content (AvgIpc) is 2.65. The van der Waals surface area contributed by atoms with Crippen LogP contribution in [-0.4, -0.2) is 58.3 Å². The summed E-state index contributed by atoms with van der Waals surface area (Å²) in [6.07, 6.45) is 0.696. The van der Waals surface area contributed by atoms with Crippen LogP contribution in [0.1, 0.15) is 15.9 Å². The molecule has 7 heteroatoms. The summed E-state index contributed by atoms with van der Waals surface area (Å²) in [4.78, 5) is 14.3. The Labute approximate surface area is 155 Å². The highest BCUT2D eigenvalue weighted by Crippen LogP contribution is 2.16. The lowest BCUT2D eigenvalue weighted by atomic mass is 10.1. The molecule has 0 bridgehead atoms. The highest BCUT2D eigenvalue weighted by Gasteiger charge is 2.20. The van der Waals surface area contributed by atoms with E-state index in [-0.39, 0.29) is 10.8 Å². The molecule has 2 aromatic carbocycles. The summed E-state index contributed by atoms with van der Waals surface area (Å²) >= 11 is 0. The molecule has 0 aromatic heterocycles. The zero-order valence-electron chi connectivity index (χ0n) is 15.5. The molecule has 0 atom stereocenters. The van der Waals surface area contributed by atoms with Crippen molar-refractivity contribution >= 4 is 15.9 Å². The fraction of sp³-hybridized carbons (Fsp3) is 0.316. The molecule has 0 fully saturated rings. The van der Waals surface area contributed by atoms with Crippen LogP contribution in [0, 0.1) is 0 Å². The van der Waals surface area contributed by atoms with E-state index in [1.807, 2.05) is 24.3 Å². The number of nitrogens with zero attached hydrogens (tertiary/aromatic N) is 2. The topological polar surface area (TPSA) is 66.9 Å². The highest BCUT2D eigenvalue weighted by molar-refractivity contribution is 7.89. The van der Waals surface area contributed by atoms with Crippen molar-refractivity contribution in [2.24, 2.45) is 0 Å². The number of carbonyl (C=O) groups excluding carboxylic acids is 1. The maximum atomic E-state index is 12.6. The van der Waals surface area contributed by atoms with Gasteiger partial charge in [-0.1, -0.05) is 18.2 Å². The Hall–Kier alpha value is -2.38. The van der Waals surface area contributed by atoms with Gasteiger partial charge in [0.15, 0.2) is 0 Å². The SMILES string of the molecule is COc1ccc(CCN(C)C(=O)c2cccc(S(=O)(=O)N(C)C)c2)cc1. The number of ether oxygens (including phenoxy) is 1. The molecular formula is C19H24N2O4S. The van der Waals surface area contributed by atoms with Crippen molar-refractivity contribution in [1.82, 2.24) is 9.21 Å². The van der Waals surface area contributed by atoms with Crippen molar-refractivity contribution in [2.45, 2.75) is 11.3 Å². The molecule has 0 saturated heterocycles. The number of amides is 1. The number of benzene rings is 2. The molecule has 0 unspecified atom stereocenters.